The molecule has 1 saturated heterocycles. The molecular weight excluding hydrogens is 465 g/mol. The van der Waals surface area contributed by atoms with E-state index in [0.717, 1.165) is 67.7 Å². The number of unbranched alkanes of at least 4 members (excludes halogenated alkanes) is 3. The van der Waals surface area contributed by atoms with E-state index in [1.807, 2.05) is 35.3 Å². The van der Waals surface area contributed by atoms with Crippen LogP contribution in [0.3, 0.4) is 0 Å². The monoisotopic (exact) mass is 512 g/mol. The van der Waals surface area contributed by atoms with Crippen LogP contribution in [0.1, 0.15) is 71.6 Å². The summed E-state index contributed by atoms with van der Waals surface area (Å²) in [6, 6.07) is 0. The lowest BCUT2D eigenvalue weighted by molar-refractivity contribution is -0.121. The van der Waals surface area contributed by atoms with Crippen molar-refractivity contribution in [3.63, 3.8) is 0 Å². The van der Waals surface area contributed by atoms with Crippen molar-refractivity contribution in [2.75, 3.05) is 41.9 Å². The van der Waals surface area contributed by atoms with Crippen LogP contribution in [0.15, 0.2) is 36.6 Å². The van der Waals surface area contributed by atoms with Crippen LogP contribution in [0.5, 0.6) is 0 Å². The van der Waals surface area contributed by atoms with Crippen LogP contribution in [-0.2, 0) is 4.79 Å². The van der Waals surface area contributed by atoms with Crippen molar-refractivity contribution in [2.45, 2.75) is 76.9 Å². The van der Waals surface area contributed by atoms with Gasteiger partial charge < -0.3 is 10.6 Å². The molecule has 0 saturated carbocycles. The van der Waals surface area contributed by atoms with Crippen LogP contribution in [-0.4, -0.2) is 53.0 Å². The Morgan fingerprint density at radius 2 is 1.85 bits per heavy atom. The molecule has 0 radical (unpaired) electrons. The molecule has 0 bridgehead atoms. The molecule has 6 heteroatoms. The minimum Gasteiger partial charge on any atom is -0.389 e. The van der Waals surface area contributed by atoms with E-state index in [1.165, 1.54) is 48.3 Å². The average Bonchev–Trinajstić information content (AvgIpc) is 3.01. The first-order chi connectivity index (χ1) is 15.9. The molecule has 1 fully saturated rings. The van der Waals surface area contributed by atoms with Crippen LogP contribution in [0.2, 0.25) is 0 Å². The maximum absolute atomic E-state index is 12.1. The number of nitrogens with one attached hydrogen (secondary N) is 2. The average molecular weight is 513 g/mol. The molecule has 1 heterocycles. The molecular formula is C27H48N2OS3. The van der Waals surface area contributed by atoms with Gasteiger partial charge >= 0.3 is 0 Å². The normalized spacial score (nSPS) is 17.3. The van der Waals surface area contributed by atoms with E-state index in [9.17, 15) is 4.79 Å². The van der Waals surface area contributed by atoms with Crippen molar-refractivity contribution in [1.29, 1.82) is 0 Å². The van der Waals surface area contributed by atoms with Crippen molar-refractivity contribution < 1.29 is 4.79 Å². The molecule has 0 aromatic rings. The van der Waals surface area contributed by atoms with Gasteiger partial charge in [-0.3, -0.25) is 4.79 Å². The molecule has 1 rings (SSSR count). The highest BCUT2D eigenvalue weighted by Gasteiger charge is 2.16. The second-order valence-electron chi connectivity index (χ2n) is 9.29. The summed E-state index contributed by atoms with van der Waals surface area (Å²) >= 11 is 5.93. The number of hydrogen-bond acceptors (Lipinski definition) is 5. The third-order valence-corrected chi connectivity index (χ3v) is 10.1. The second kappa shape index (κ2) is 19.8. The molecule has 2 N–H and O–H groups in total. The maximum Gasteiger partial charge on any atom is 0.220 e. The van der Waals surface area contributed by atoms with E-state index in [0.29, 0.717) is 11.7 Å². The molecule has 2 unspecified atom stereocenters. The molecule has 1 aliphatic heterocycles. The molecule has 0 aromatic carbocycles. The van der Waals surface area contributed by atoms with Gasteiger partial charge in [-0.15, -0.1) is 0 Å². The zero-order chi connectivity index (χ0) is 24.3. The molecule has 3 nitrogen and oxygen atoms in total. The molecule has 2 atom stereocenters. The SMILES string of the molecule is C=C(CC)CSCC(C)CCC(=C)NCCCCCCNC(=O)CCC1CSCC(=C)CS1. The molecule has 0 aliphatic carbocycles. The fourth-order valence-corrected chi connectivity index (χ4v) is 7.18. The predicted octanol–water partition coefficient (Wildman–Crippen LogP) is 7.07. The molecule has 1 aliphatic rings. The highest BCUT2D eigenvalue weighted by atomic mass is 32.2. The summed E-state index contributed by atoms with van der Waals surface area (Å²) in [6.07, 6.45) is 9.60. The van der Waals surface area contributed by atoms with E-state index in [4.69, 9.17) is 0 Å². The molecule has 0 aromatic heterocycles. The van der Waals surface area contributed by atoms with Crippen LogP contribution >= 0.6 is 35.3 Å². The highest BCUT2D eigenvalue weighted by molar-refractivity contribution is 8.04. The van der Waals surface area contributed by atoms with Gasteiger partial charge in [-0.1, -0.05) is 57.6 Å². The number of thioether (sulfide) groups is 3. The summed E-state index contributed by atoms with van der Waals surface area (Å²) in [7, 11) is 0. The standard InChI is InChI=1S/C27H48N2OS3/c1-6-22(2)17-31-18-23(3)11-12-25(5)28-15-9-7-8-10-16-29-27(30)14-13-26-21-32-19-24(4)20-33-26/h23,26,28H,2,4-21H2,1,3H3,(H,29,30). The summed E-state index contributed by atoms with van der Waals surface area (Å²) < 4.78 is 0. The van der Waals surface area contributed by atoms with Gasteiger partial charge in [0.25, 0.3) is 0 Å². The Labute approximate surface area is 217 Å². The van der Waals surface area contributed by atoms with Crippen molar-refractivity contribution in [2.24, 2.45) is 5.92 Å². The van der Waals surface area contributed by atoms with E-state index < -0.39 is 0 Å². The van der Waals surface area contributed by atoms with Crippen molar-refractivity contribution >= 4 is 41.2 Å². The van der Waals surface area contributed by atoms with Gasteiger partial charge in [-0.05, 0) is 50.2 Å². The number of allylic oxidation sites excluding steroid dienone is 1. The molecule has 1 amide bonds. The van der Waals surface area contributed by atoms with Crippen molar-refractivity contribution in [1.82, 2.24) is 10.6 Å². The molecule has 190 valence electrons. The van der Waals surface area contributed by atoms with Gasteiger partial charge in [0.1, 0.15) is 0 Å². The lowest BCUT2D eigenvalue weighted by atomic mass is 10.1. The number of carbonyl (C=O) groups is 1. The van der Waals surface area contributed by atoms with Crippen LogP contribution in [0, 0.1) is 5.92 Å². The van der Waals surface area contributed by atoms with Gasteiger partial charge in [0.05, 0.1) is 0 Å². The lowest BCUT2D eigenvalue weighted by Gasteiger charge is -2.14. The van der Waals surface area contributed by atoms with Gasteiger partial charge in [0, 0.05) is 53.5 Å². The van der Waals surface area contributed by atoms with Crippen LogP contribution in [0.4, 0.5) is 0 Å². The van der Waals surface area contributed by atoms with Crippen LogP contribution < -0.4 is 10.6 Å². The Morgan fingerprint density at radius 1 is 1.12 bits per heavy atom. The molecule has 33 heavy (non-hydrogen) atoms. The van der Waals surface area contributed by atoms with Crippen molar-refractivity contribution in [3.8, 4) is 0 Å². The third kappa shape index (κ3) is 17.6. The molecule has 0 spiro atoms. The third-order valence-electron chi connectivity index (χ3n) is 5.77. The van der Waals surface area contributed by atoms with E-state index in [-0.39, 0.29) is 5.91 Å². The summed E-state index contributed by atoms with van der Waals surface area (Å²) in [4.78, 5) is 12.1. The largest absolute Gasteiger partial charge is 0.389 e. The van der Waals surface area contributed by atoms with Crippen molar-refractivity contribution in [3.05, 3.63) is 36.6 Å². The highest BCUT2D eigenvalue weighted by Crippen LogP contribution is 2.28. The van der Waals surface area contributed by atoms with Gasteiger partial charge in [0.2, 0.25) is 5.91 Å². The first-order valence-corrected chi connectivity index (χ1v) is 16.0. The first-order valence-electron chi connectivity index (χ1n) is 12.7. The maximum atomic E-state index is 12.1. The van der Waals surface area contributed by atoms with Gasteiger partial charge in [0.15, 0.2) is 0 Å². The quantitative estimate of drug-likeness (QED) is 0.143. The fourth-order valence-electron chi connectivity index (χ4n) is 3.40. The summed E-state index contributed by atoms with van der Waals surface area (Å²) in [5.74, 6) is 6.51. The summed E-state index contributed by atoms with van der Waals surface area (Å²) in [6.45, 7) is 18.7. The zero-order valence-corrected chi connectivity index (χ0v) is 23.7. The Hall–Kier alpha value is -0.460. The number of amides is 1. The predicted molar refractivity (Wildman–Crippen MR) is 156 cm³/mol. The minimum atomic E-state index is 0.213. The Bertz CT molecular complexity index is 594. The summed E-state index contributed by atoms with van der Waals surface area (Å²) in [5.41, 5.74) is 3.84. The van der Waals surface area contributed by atoms with E-state index in [2.05, 4.69) is 44.2 Å². The fraction of sp³-hybridized carbons (Fsp3) is 0.741. The Morgan fingerprint density at radius 3 is 2.58 bits per heavy atom. The summed E-state index contributed by atoms with van der Waals surface area (Å²) in [5, 5.41) is 7.18. The Kier molecular flexibility index (Phi) is 18.3. The zero-order valence-electron chi connectivity index (χ0n) is 21.2. The van der Waals surface area contributed by atoms with Crippen LogP contribution in [0.25, 0.3) is 0 Å². The Balaban J connectivity index is 1.90. The topological polar surface area (TPSA) is 41.1 Å². The first kappa shape index (κ1) is 30.6. The van der Waals surface area contributed by atoms with E-state index >= 15 is 0 Å². The number of hydrogen-bond donors (Lipinski definition) is 2. The minimum absolute atomic E-state index is 0.213. The van der Waals surface area contributed by atoms with Gasteiger partial charge in [-0.25, -0.2) is 0 Å². The lowest BCUT2D eigenvalue weighted by Crippen LogP contribution is -2.25. The number of rotatable bonds is 19. The van der Waals surface area contributed by atoms with E-state index in [1.54, 1.807) is 0 Å². The van der Waals surface area contributed by atoms with Gasteiger partial charge in [-0.2, -0.15) is 35.3 Å². The second-order valence-corrected chi connectivity index (χ2v) is 12.6. The number of carbonyl (C=O) groups excluding carboxylic acids is 1. The smallest absolute Gasteiger partial charge is 0.220 e.